The van der Waals surface area contributed by atoms with E-state index in [2.05, 4.69) is 72.6 Å². The predicted molar refractivity (Wildman–Crippen MR) is 153 cm³/mol. The number of hydrogen-bond acceptors (Lipinski definition) is 6. The van der Waals surface area contributed by atoms with Gasteiger partial charge in [0.15, 0.2) is 16.6 Å². The molecule has 36 heavy (non-hydrogen) atoms. The van der Waals surface area contributed by atoms with Crippen LogP contribution in [0.1, 0.15) is 54.4 Å². The molecule has 0 atom stereocenters. The predicted octanol–water partition coefficient (Wildman–Crippen LogP) is 6.96. The largest absolute Gasteiger partial charge is 0.415 e. The molecule has 1 saturated heterocycles. The maximum absolute atomic E-state index is 12.0. The third-order valence-corrected chi connectivity index (χ3v) is 17.6. The van der Waals surface area contributed by atoms with Crippen molar-refractivity contribution in [2.24, 2.45) is 0 Å². The maximum atomic E-state index is 12.0. The number of nitro benzene ring substituents is 1. The van der Waals surface area contributed by atoms with Crippen molar-refractivity contribution in [2.45, 2.75) is 103 Å². The fourth-order valence-electron chi connectivity index (χ4n) is 4.03. The standard InChI is InChI=1S/C26H46N4O4Si2/c1-25(2,3)35(7,8)33-16-15-29-19-20-17-24(30(31)32)23(18-22(20)27-29)28-13-11-21(12-14-28)34-36(9,10)26(4,5)6/h17-19,21H,11-16H2,1-10H3. The van der Waals surface area contributed by atoms with Crippen LogP contribution in [-0.2, 0) is 15.4 Å². The Balaban J connectivity index is 1.73. The SMILES string of the molecule is CC(C)(C)[Si](C)(C)OCCn1cc2cc([N+](=O)[O-])c(N3CCC(O[Si](C)(C)C(C)(C)C)CC3)cc2n1. The zero-order chi connectivity index (χ0) is 27.1. The van der Waals surface area contributed by atoms with Gasteiger partial charge in [-0.1, -0.05) is 41.5 Å². The second-order valence-corrected chi connectivity index (χ2v) is 22.8. The molecule has 3 rings (SSSR count). The second kappa shape index (κ2) is 10.2. The number of rotatable bonds is 8. The van der Waals surface area contributed by atoms with Crippen LogP contribution >= 0.6 is 0 Å². The Kier molecular flexibility index (Phi) is 8.15. The molecule has 1 aromatic carbocycles. The summed E-state index contributed by atoms with van der Waals surface area (Å²) in [6, 6.07) is 3.55. The Morgan fingerprint density at radius 1 is 1.03 bits per heavy atom. The van der Waals surface area contributed by atoms with Crippen LogP contribution in [0.3, 0.4) is 0 Å². The third kappa shape index (κ3) is 6.38. The van der Waals surface area contributed by atoms with Gasteiger partial charge < -0.3 is 13.8 Å². The molecule has 1 aliphatic rings. The van der Waals surface area contributed by atoms with E-state index >= 15 is 0 Å². The number of anilines is 1. The fraction of sp³-hybridized carbons (Fsp3) is 0.731. The van der Waals surface area contributed by atoms with E-state index in [1.165, 1.54) is 0 Å². The molecular weight excluding hydrogens is 488 g/mol. The molecule has 202 valence electrons. The van der Waals surface area contributed by atoms with Crippen molar-refractivity contribution in [1.82, 2.24) is 9.78 Å². The lowest BCUT2D eigenvalue weighted by Crippen LogP contribution is -2.47. The van der Waals surface area contributed by atoms with Crippen LogP contribution in [0.4, 0.5) is 11.4 Å². The van der Waals surface area contributed by atoms with Crippen molar-refractivity contribution >= 4 is 38.9 Å². The summed E-state index contributed by atoms with van der Waals surface area (Å²) >= 11 is 0. The van der Waals surface area contributed by atoms with E-state index in [1.54, 1.807) is 6.07 Å². The molecule has 1 fully saturated rings. The van der Waals surface area contributed by atoms with Gasteiger partial charge in [-0.2, -0.15) is 5.10 Å². The lowest BCUT2D eigenvalue weighted by atomic mass is 10.1. The van der Waals surface area contributed by atoms with Crippen LogP contribution < -0.4 is 4.90 Å². The number of piperidine rings is 1. The molecule has 0 aliphatic carbocycles. The highest BCUT2D eigenvalue weighted by Crippen LogP contribution is 2.40. The minimum absolute atomic E-state index is 0.142. The van der Waals surface area contributed by atoms with E-state index in [4.69, 9.17) is 14.0 Å². The van der Waals surface area contributed by atoms with E-state index in [9.17, 15) is 10.1 Å². The van der Waals surface area contributed by atoms with Gasteiger partial charge in [-0.05, 0) is 55.2 Å². The number of benzene rings is 1. The van der Waals surface area contributed by atoms with Gasteiger partial charge in [-0.3, -0.25) is 14.8 Å². The van der Waals surface area contributed by atoms with E-state index < -0.39 is 16.6 Å². The van der Waals surface area contributed by atoms with E-state index in [1.807, 2.05) is 16.9 Å². The first kappa shape index (κ1) is 28.8. The van der Waals surface area contributed by atoms with Crippen LogP contribution in [0, 0.1) is 10.1 Å². The van der Waals surface area contributed by atoms with Crippen molar-refractivity contribution < 1.29 is 13.8 Å². The minimum atomic E-state index is -1.84. The van der Waals surface area contributed by atoms with Crippen molar-refractivity contribution in [3.8, 4) is 0 Å². The summed E-state index contributed by atoms with van der Waals surface area (Å²) in [4.78, 5) is 13.8. The van der Waals surface area contributed by atoms with Crippen LogP contribution in [0.15, 0.2) is 18.3 Å². The summed E-state index contributed by atoms with van der Waals surface area (Å²) in [7, 11) is -3.67. The van der Waals surface area contributed by atoms with Gasteiger partial charge >= 0.3 is 0 Å². The van der Waals surface area contributed by atoms with Gasteiger partial charge in [0.05, 0.1) is 23.6 Å². The molecule has 0 saturated carbocycles. The Hall–Kier alpha value is -1.76. The molecule has 2 aromatic rings. The first-order chi connectivity index (χ1) is 16.4. The molecule has 0 unspecified atom stereocenters. The van der Waals surface area contributed by atoms with Crippen LogP contribution in [-0.4, -0.2) is 57.1 Å². The molecule has 8 nitrogen and oxygen atoms in total. The molecule has 1 aromatic heterocycles. The summed E-state index contributed by atoms with van der Waals surface area (Å²) in [5.74, 6) is 0. The van der Waals surface area contributed by atoms with Gasteiger partial charge in [-0.25, -0.2) is 0 Å². The van der Waals surface area contributed by atoms with Crippen LogP contribution in [0.2, 0.25) is 36.3 Å². The van der Waals surface area contributed by atoms with Gasteiger partial charge in [-0.15, -0.1) is 0 Å². The number of aromatic nitrogens is 2. The number of nitrogens with zero attached hydrogens (tertiary/aromatic N) is 4. The highest BCUT2D eigenvalue weighted by Gasteiger charge is 2.40. The lowest BCUT2D eigenvalue weighted by Gasteiger charge is -2.42. The molecule has 0 radical (unpaired) electrons. The monoisotopic (exact) mass is 534 g/mol. The smallest absolute Gasteiger partial charge is 0.293 e. The van der Waals surface area contributed by atoms with Crippen molar-refractivity contribution in [3.63, 3.8) is 0 Å². The first-order valence-electron chi connectivity index (χ1n) is 13.1. The third-order valence-electron chi connectivity index (χ3n) is 8.48. The Labute approximate surface area is 218 Å². The second-order valence-electron chi connectivity index (χ2n) is 13.2. The highest BCUT2D eigenvalue weighted by atomic mass is 28.4. The van der Waals surface area contributed by atoms with Gasteiger partial charge in [0.25, 0.3) is 5.69 Å². The summed E-state index contributed by atoms with van der Waals surface area (Å²) in [5, 5.41) is 17.8. The summed E-state index contributed by atoms with van der Waals surface area (Å²) < 4.78 is 14.8. The number of hydrogen-bond donors (Lipinski definition) is 0. The maximum Gasteiger partial charge on any atom is 0.293 e. The Morgan fingerprint density at radius 2 is 1.61 bits per heavy atom. The summed E-state index contributed by atoms with van der Waals surface area (Å²) in [5.41, 5.74) is 1.58. The van der Waals surface area contributed by atoms with Gasteiger partial charge in [0.1, 0.15) is 5.69 Å². The van der Waals surface area contributed by atoms with E-state index in [0.717, 1.165) is 36.8 Å². The number of fused-ring (bicyclic) bond motifs is 1. The molecular formula is C26H46N4O4Si2. The van der Waals surface area contributed by atoms with Crippen molar-refractivity contribution in [3.05, 3.63) is 28.4 Å². The molecule has 2 heterocycles. The Morgan fingerprint density at radius 3 is 2.14 bits per heavy atom. The summed E-state index contributed by atoms with van der Waals surface area (Å²) in [6.45, 7) is 25.2. The lowest BCUT2D eigenvalue weighted by molar-refractivity contribution is -0.384. The van der Waals surface area contributed by atoms with Gasteiger partial charge in [0.2, 0.25) is 0 Å². The minimum Gasteiger partial charge on any atom is -0.415 e. The average molecular weight is 535 g/mol. The van der Waals surface area contributed by atoms with Crippen LogP contribution in [0.5, 0.6) is 0 Å². The topological polar surface area (TPSA) is 82.7 Å². The van der Waals surface area contributed by atoms with Crippen molar-refractivity contribution in [2.75, 3.05) is 24.6 Å². The van der Waals surface area contributed by atoms with Crippen molar-refractivity contribution in [1.29, 1.82) is 0 Å². The zero-order valence-corrected chi connectivity index (χ0v) is 26.0. The molecule has 0 bridgehead atoms. The molecule has 1 aliphatic heterocycles. The zero-order valence-electron chi connectivity index (χ0n) is 24.0. The van der Waals surface area contributed by atoms with Crippen LogP contribution in [0.25, 0.3) is 10.9 Å². The average Bonchev–Trinajstić information content (AvgIpc) is 3.13. The normalized spacial score (nSPS) is 16.7. The molecule has 10 heteroatoms. The number of nitro groups is 1. The molecule has 0 N–H and O–H groups in total. The quantitative estimate of drug-likeness (QED) is 0.207. The highest BCUT2D eigenvalue weighted by molar-refractivity contribution is 6.74. The van der Waals surface area contributed by atoms with Gasteiger partial charge in [0, 0.05) is 36.8 Å². The van der Waals surface area contributed by atoms with E-state index in [-0.39, 0.29) is 26.8 Å². The summed E-state index contributed by atoms with van der Waals surface area (Å²) in [6.07, 6.45) is 3.85. The van der Waals surface area contributed by atoms with E-state index in [0.29, 0.717) is 18.8 Å². The Bertz CT molecular complexity index is 1080. The molecule has 0 amide bonds. The fourth-order valence-corrected chi connectivity index (χ4v) is 6.49. The first-order valence-corrected chi connectivity index (χ1v) is 19.0. The molecule has 0 spiro atoms.